The summed E-state index contributed by atoms with van der Waals surface area (Å²) in [6.45, 7) is 0.692. The van der Waals surface area contributed by atoms with E-state index in [-0.39, 0.29) is 0 Å². The van der Waals surface area contributed by atoms with Gasteiger partial charge in [0.25, 0.3) is 0 Å². The van der Waals surface area contributed by atoms with Gasteiger partial charge in [0.05, 0.1) is 16.8 Å². The molecule has 0 aliphatic heterocycles. The van der Waals surface area contributed by atoms with Crippen molar-refractivity contribution in [2.45, 2.75) is 12.0 Å². The molecule has 10 aromatic rings. The molecular weight excluding hydrogens is 701 g/mol. The number of nitrogen functional groups attached to an aromatic ring is 1. The van der Waals surface area contributed by atoms with Gasteiger partial charge in [0.1, 0.15) is 0 Å². The number of hydrogen-bond donors (Lipinski definition) is 1. The molecule has 0 atom stereocenters. The molecule has 1 spiro atoms. The Kier molecular flexibility index (Phi) is 7.09. The van der Waals surface area contributed by atoms with E-state index in [1.807, 2.05) is 12.1 Å². The largest absolute Gasteiger partial charge is 0.397 e. The van der Waals surface area contributed by atoms with Crippen LogP contribution in [0.25, 0.3) is 65.7 Å². The van der Waals surface area contributed by atoms with Gasteiger partial charge in [-0.25, -0.2) is 0 Å². The fourth-order valence-electron chi connectivity index (χ4n) is 10.6. The molecule has 2 aliphatic rings. The molecule has 0 unspecified atom stereocenters. The fourth-order valence-corrected chi connectivity index (χ4v) is 10.6. The molecule has 12 rings (SSSR count). The van der Waals surface area contributed by atoms with Crippen molar-refractivity contribution in [2.24, 2.45) is 0 Å². The Bertz CT molecular complexity index is 3240. The highest BCUT2D eigenvalue weighted by Gasteiger charge is 2.54. The van der Waals surface area contributed by atoms with Crippen LogP contribution in [0.3, 0.4) is 0 Å². The minimum Gasteiger partial charge on any atom is -0.397 e. The third kappa shape index (κ3) is 4.49. The summed E-state index contributed by atoms with van der Waals surface area (Å²) < 4.78 is 0. The van der Waals surface area contributed by atoms with Gasteiger partial charge >= 0.3 is 0 Å². The number of anilines is 3. The second kappa shape index (κ2) is 12.5. The first-order valence-corrected chi connectivity index (χ1v) is 20.2. The molecule has 0 radical (unpaired) electrons. The summed E-state index contributed by atoms with van der Waals surface area (Å²) in [7, 11) is 0. The minimum atomic E-state index is -0.515. The number of benzene rings is 10. The quantitative estimate of drug-likeness (QED) is 0.141. The predicted molar refractivity (Wildman–Crippen MR) is 244 cm³/mol. The lowest BCUT2D eigenvalue weighted by Gasteiger charge is -2.33. The van der Waals surface area contributed by atoms with E-state index in [9.17, 15) is 0 Å². The van der Waals surface area contributed by atoms with Crippen LogP contribution in [0.5, 0.6) is 0 Å². The van der Waals surface area contributed by atoms with Crippen LogP contribution in [-0.2, 0) is 12.0 Å². The Morgan fingerprint density at radius 1 is 0.397 bits per heavy atom. The number of rotatable bonds is 5. The Morgan fingerprint density at radius 3 is 1.66 bits per heavy atom. The van der Waals surface area contributed by atoms with Gasteiger partial charge in [-0.3, -0.25) is 0 Å². The molecule has 0 saturated carbocycles. The number of fused-ring (bicyclic) bond motifs is 17. The average molecular weight is 739 g/mol. The highest BCUT2D eigenvalue weighted by Crippen LogP contribution is 2.67. The lowest BCUT2D eigenvalue weighted by Crippen LogP contribution is -2.26. The standard InChI is InChI=1S/C56H38N2/c57-51-31-14-15-32-52(51)58(35-36-17-2-1-3-18-36)38-20-16-19-37(33-38)47-34-48-53-44-26-7-4-21-39(44)40-22-5-9-28-46(40)55(53)56(54(48)45-27-8-6-23-41(45)47)49-29-12-10-24-42(49)43-25-11-13-30-50(43)56/h1-34H,35,57H2. The van der Waals surface area contributed by atoms with Crippen molar-refractivity contribution < 1.29 is 0 Å². The molecular formula is C56H38N2. The normalized spacial score (nSPS) is 13.1. The molecule has 2 aliphatic carbocycles. The van der Waals surface area contributed by atoms with E-state index in [1.165, 1.54) is 93.5 Å². The van der Waals surface area contributed by atoms with E-state index in [0.29, 0.717) is 6.54 Å². The monoisotopic (exact) mass is 738 g/mol. The van der Waals surface area contributed by atoms with Crippen LogP contribution in [0.1, 0.15) is 27.8 Å². The van der Waals surface area contributed by atoms with E-state index in [4.69, 9.17) is 5.73 Å². The summed E-state index contributed by atoms with van der Waals surface area (Å²) in [5, 5.41) is 7.71. The van der Waals surface area contributed by atoms with Gasteiger partial charge in [-0.05, 0) is 124 Å². The summed E-state index contributed by atoms with van der Waals surface area (Å²) in [6, 6.07) is 76.0. The van der Waals surface area contributed by atoms with Gasteiger partial charge in [-0.15, -0.1) is 0 Å². The van der Waals surface area contributed by atoms with Crippen LogP contribution in [-0.4, -0.2) is 0 Å². The van der Waals surface area contributed by atoms with Crippen LogP contribution in [0.2, 0.25) is 0 Å². The number of nitrogens with zero attached hydrogens (tertiary/aromatic N) is 1. The van der Waals surface area contributed by atoms with Crippen LogP contribution < -0.4 is 10.6 Å². The zero-order valence-electron chi connectivity index (χ0n) is 31.9. The van der Waals surface area contributed by atoms with Crippen LogP contribution in [0.4, 0.5) is 17.1 Å². The van der Waals surface area contributed by atoms with E-state index in [1.54, 1.807) is 0 Å². The SMILES string of the molecule is Nc1ccccc1N(Cc1ccccc1)c1cccc(-c2cc3c(c4ccccc24)C2(c4ccccc4-c4ccccc42)c2c-3c3ccccc3c3ccccc23)c1. The smallest absolute Gasteiger partial charge is 0.0737 e. The topological polar surface area (TPSA) is 29.3 Å². The molecule has 10 aromatic carbocycles. The van der Waals surface area contributed by atoms with Crippen molar-refractivity contribution in [1.82, 2.24) is 0 Å². The van der Waals surface area contributed by atoms with Crippen molar-refractivity contribution in [3.8, 4) is 33.4 Å². The van der Waals surface area contributed by atoms with Gasteiger partial charge in [-0.1, -0.05) is 176 Å². The Balaban J connectivity index is 1.19. The maximum absolute atomic E-state index is 6.71. The zero-order chi connectivity index (χ0) is 38.4. The summed E-state index contributed by atoms with van der Waals surface area (Å²) in [6.07, 6.45) is 0. The second-order valence-corrected chi connectivity index (χ2v) is 15.8. The van der Waals surface area contributed by atoms with E-state index in [2.05, 4.69) is 199 Å². The highest BCUT2D eigenvalue weighted by molar-refractivity contribution is 6.22. The fraction of sp³-hybridized carbons (Fsp3) is 0.0357. The molecule has 2 nitrogen and oxygen atoms in total. The molecule has 0 heterocycles. The zero-order valence-corrected chi connectivity index (χ0v) is 31.9. The summed E-state index contributed by atoms with van der Waals surface area (Å²) in [4.78, 5) is 2.35. The Hall–Kier alpha value is -7.42. The Morgan fingerprint density at radius 2 is 0.948 bits per heavy atom. The number of nitrogens with two attached hydrogens (primary N) is 1. The van der Waals surface area contributed by atoms with Crippen molar-refractivity contribution in [2.75, 3.05) is 10.6 Å². The molecule has 0 saturated heterocycles. The molecule has 272 valence electrons. The molecule has 2 heteroatoms. The molecule has 0 fully saturated rings. The summed E-state index contributed by atoms with van der Waals surface area (Å²) >= 11 is 0. The van der Waals surface area contributed by atoms with Crippen molar-refractivity contribution in [3.63, 3.8) is 0 Å². The molecule has 2 N–H and O–H groups in total. The van der Waals surface area contributed by atoms with Crippen molar-refractivity contribution in [1.29, 1.82) is 0 Å². The lowest BCUT2D eigenvalue weighted by atomic mass is 9.68. The molecule has 0 amide bonds. The second-order valence-electron chi connectivity index (χ2n) is 15.8. The molecule has 0 bridgehead atoms. The van der Waals surface area contributed by atoms with Gasteiger partial charge < -0.3 is 10.6 Å². The third-order valence-corrected chi connectivity index (χ3v) is 12.8. The van der Waals surface area contributed by atoms with Crippen LogP contribution in [0, 0.1) is 0 Å². The number of hydrogen-bond acceptors (Lipinski definition) is 2. The number of para-hydroxylation sites is 2. The maximum atomic E-state index is 6.71. The lowest BCUT2D eigenvalue weighted by molar-refractivity contribution is 0.809. The first-order chi connectivity index (χ1) is 28.7. The first-order valence-electron chi connectivity index (χ1n) is 20.2. The van der Waals surface area contributed by atoms with Crippen LogP contribution >= 0.6 is 0 Å². The van der Waals surface area contributed by atoms with E-state index < -0.39 is 5.41 Å². The van der Waals surface area contributed by atoms with Crippen LogP contribution in [0.15, 0.2) is 206 Å². The molecule has 58 heavy (non-hydrogen) atoms. The van der Waals surface area contributed by atoms with Crippen molar-refractivity contribution >= 4 is 49.4 Å². The van der Waals surface area contributed by atoms with Gasteiger partial charge in [0, 0.05) is 12.2 Å². The molecule has 0 aromatic heterocycles. The highest BCUT2D eigenvalue weighted by atomic mass is 15.1. The summed E-state index contributed by atoms with van der Waals surface area (Å²) in [5.41, 5.74) is 23.4. The van der Waals surface area contributed by atoms with E-state index in [0.717, 1.165) is 17.1 Å². The van der Waals surface area contributed by atoms with E-state index >= 15 is 0 Å². The van der Waals surface area contributed by atoms with Gasteiger partial charge in [-0.2, -0.15) is 0 Å². The minimum absolute atomic E-state index is 0.515. The van der Waals surface area contributed by atoms with Crippen molar-refractivity contribution in [3.05, 3.63) is 234 Å². The Labute approximate surface area is 338 Å². The van der Waals surface area contributed by atoms with Gasteiger partial charge in [0.15, 0.2) is 0 Å². The van der Waals surface area contributed by atoms with Gasteiger partial charge in [0.2, 0.25) is 0 Å². The maximum Gasteiger partial charge on any atom is 0.0737 e. The average Bonchev–Trinajstić information content (AvgIpc) is 3.77. The first kappa shape index (κ1) is 32.8. The third-order valence-electron chi connectivity index (χ3n) is 12.8. The summed E-state index contributed by atoms with van der Waals surface area (Å²) in [5.74, 6) is 0. The predicted octanol–water partition coefficient (Wildman–Crippen LogP) is 14.1.